The highest BCUT2D eigenvalue weighted by atomic mass is 35.5. The summed E-state index contributed by atoms with van der Waals surface area (Å²) >= 11 is 5.81. The third-order valence-corrected chi connectivity index (χ3v) is 3.48. The Hall–Kier alpha value is -1.29. The van der Waals surface area contributed by atoms with E-state index >= 15 is 0 Å². The Morgan fingerprint density at radius 3 is 2.88 bits per heavy atom. The molecule has 1 aromatic carbocycles. The predicted molar refractivity (Wildman–Crippen MR) is 68.8 cm³/mol. The number of benzene rings is 1. The minimum Gasteiger partial charge on any atom is -0.363 e. The molecule has 0 N–H and O–H groups in total. The highest BCUT2D eigenvalue weighted by Gasteiger charge is 2.25. The second-order valence-electron chi connectivity index (χ2n) is 4.43. The van der Waals surface area contributed by atoms with E-state index in [1.54, 1.807) is 12.1 Å². The first-order valence-corrected chi connectivity index (χ1v) is 6.18. The zero-order valence-corrected chi connectivity index (χ0v) is 10.5. The van der Waals surface area contributed by atoms with Gasteiger partial charge in [-0.05, 0) is 38.3 Å². The molecule has 1 aliphatic heterocycles. The molecule has 92 valence electrons. The maximum atomic E-state index is 11.0. The fraction of sp³-hybridized carbons (Fsp3) is 0.500. The van der Waals surface area contributed by atoms with Crippen LogP contribution in [-0.4, -0.2) is 17.5 Å². The number of rotatable bonds is 2. The van der Waals surface area contributed by atoms with Gasteiger partial charge in [0, 0.05) is 23.7 Å². The number of halogens is 1. The summed E-state index contributed by atoms with van der Waals surface area (Å²) in [5.74, 6) is 0. The summed E-state index contributed by atoms with van der Waals surface area (Å²) in [6.07, 6.45) is 3.36. The third kappa shape index (κ3) is 2.52. The van der Waals surface area contributed by atoms with Crippen molar-refractivity contribution in [3.8, 4) is 0 Å². The van der Waals surface area contributed by atoms with E-state index in [-0.39, 0.29) is 10.6 Å². The van der Waals surface area contributed by atoms with Crippen molar-refractivity contribution < 1.29 is 4.92 Å². The van der Waals surface area contributed by atoms with Crippen molar-refractivity contribution in [2.24, 2.45) is 0 Å². The van der Waals surface area contributed by atoms with Crippen LogP contribution in [0.15, 0.2) is 18.2 Å². The van der Waals surface area contributed by atoms with E-state index in [0.29, 0.717) is 16.8 Å². The van der Waals surface area contributed by atoms with Crippen molar-refractivity contribution in [1.82, 2.24) is 0 Å². The van der Waals surface area contributed by atoms with Crippen LogP contribution < -0.4 is 4.90 Å². The first kappa shape index (κ1) is 12.2. The minimum absolute atomic E-state index is 0.103. The molecular weight excluding hydrogens is 240 g/mol. The Kier molecular flexibility index (Phi) is 3.52. The average Bonchev–Trinajstić information content (AvgIpc) is 2.30. The topological polar surface area (TPSA) is 46.4 Å². The van der Waals surface area contributed by atoms with Crippen molar-refractivity contribution in [1.29, 1.82) is 0 Å². The van der Waals surface area contributed by atoms with E-state index in [9.17, 15) is 10.1 Å². The number of nitro benzene ring substituents is 1. The zero-order chi connectivity index (χ0) is 12.4. The normalized spacial score (nSPS) is 20.4. The second kappa shape index (κ2) is 4.92. The molecule has 1 heterocycles. The van der Waals surface area contributed by atoms with Crippen molar-refractivity contribution >= 4 is 23.0 Å². The van der Waals surface area contributed by atoms with Gasteiger partial charge in [-0.15, -0.1) is 0 Å². The number of nitrogens with zero attached hydrogens (tertiary/aromatic N) is 2. The molecule has 0 radical (unpaired) electrons. The molecule has 0 saturated carbocycles. The van der Waals surface area contributed by atoms with Gasteiger partial charge >= 0.3 is 0 Å². The van der Waals surface area contributed by atoms with Gasteiger partial charge in [0.2, 0.25) is 0 Å². The van der Waals surface area contributed by atoms with Gasteiger partial charge < -0.3 is 4.90 Å². The van der Waals surface area contributed by atoms with Crippen LogP contribution in [-0.2, 0) is 0 Å². The highest BCUT2D eigenvalue weighted by molar-refractivity contribution is 6.30. The average molecular weight is 255 g/mol. The lowest BCUT2D eigenvalue weighted by Crippen LogP contribution is -2.37. The quantitative estimate of drug-likeness (QED) is 0.598. The summed E-state index contributed by atoms with van der Waals surface area (Å²) < 4.78 is 0. The number of anilines is 1. The molecule has 17 heavy (non-hydrogen) atoms. The van der Waals surface area contributed by atoms with Crippen molar-refractivity contribution in [3.63, 3.8) is 0 Å². The van der Waals surface area contributed by atoms with E-state index < -0.39 is 0 Å². The molecular formula is C12H15ClN2O2. The Bertz CT molecular complexity index is 437. The highest BCUT2D eigenvalue weighted by Crippen LogP contribution is 2.34. The van der Waals surface area contributed by atoms with Gasteiger partial charge in [-0.2, -0.15) is 0 Å². The molecule has 0 aliphatic carbocycles. The molecule has 5 heteroatoms. The molecule has 4 nitrogen and oxygen atoms in total. The summed E-state index contributed by atoms with van der Waals surface area (Å²) in [5, 5.41) is 11.5. The SMILES string of the molecule is CC1CCCCN1c1ccc(Cl)cc1[N+](=O)[O-]. The van der Waals surface area contributed by atoms with Crippen LogP contribution in [0.4, 0.5) is 11.4 Å². The van der Waals surface area contributed by atoms with Crippen LogP contribution in [0.25, 0.3) is 0 Å². The second-order valence-corrected chi connectivity index (χ2v) is 4.86. The van der Waals surface area contributed by atoms with Crippen LogP contribution >= 0.6 is 11.6 Å². The lowest BCUT2D eigenvalue weighted by atomic mass is 10.0. The fourth-order valence-electron chi connectivity index (χ4n) is 2.34. The van der Waals surface area contributed by atoms with Crippen molar-refractivity contribution in [3.05, 3.63) is 33.3 Å². The summed E-state index contributed by atoms with van der Waals surface area (Å²) in [6, 6.07) is 5.25. The van der Waals surface area contributed by atoms with Crippen molar-refractivity contribution in [2.45, 2.75) is 32.2 Å². The smallest absolute Gasteiger partial charge is 0.294 e. The van der Waals surface area contributed by atoms with Crippen LogP contribution in [0.2, 0.25) is 5.02 Å². The summed E-state index contributed by atoms with van der Waals surface area (Å²) in [5.41, 5.74) is 0.790. The third-order valence-electron chi connectivity index (χ3n) is 3.25. The van der Waals surface area contributed by atoms with E-state index in [2.05, 4.69) is 11.8 Å². The van der Waals surface area contributed by atoms with Crippen LogP contribution in [0.5, 0.6) is 0 Å². The Balaban J connectivity index is 2.39. The molecule has 0 aromatic heterocycles. The first-order valence-electron chi connectivity index (χ1n) is 5.80. The van der Waals surface area contributed by atoms with E-state index in [1.165, 1.54) is 12.5 Å². The van der Waals surface area contributed by atoms with Crippen LogP contribution in [0, 0.1) is 10.1 Å². The molecule has 0 bridgehead atoms. The van der Waals surface area contributed by atoms with E-state index in [0.717, 1.165) is 19.4 Å². The maximum absolute atomic E-state index is 11.0. The number of hydrogen-bond acceptors (Lipinski definition) is 3. The molecule has 1 aliphatic rings. The summed E-state index contributed by atoms with van der Waals surface area (Å²) in [4.78, 5) is 12.8. The zero-order valence-electron chi connectivity index (χ0n) is 9.73. The maximum Gasteiger partial charge on any atom is 0.294 e. The van der Waals surface area contributed by atoms with Gasteiger partial charge in [0.25, 0.3) is 5.69 Å². The molecule has 0 spiro atoms. The number of piperidine rings is 1. The Morgan fingerprint density at radius 2 is 2.24 bits per heavy atom. The molecule has 0 amide bonds. The Labute approximate surface area is 105 Å². The van der Waals surface area contributed by atoms with Gasteiger partial charge in [-0.25, -0.2) is 0 Å². The molecule has 1 aromatic rings. The van der Waals surface area contributed by atoms with Gasteiger partial charge in [0.15, 0.2) is 0 Å². The minimum atomic E-state index is -0.359. The fourth-order valence-corrected chi connectivity index (χ4v) is 2.51. The number of nitro groups is 1. The van der Waals surface area contributed by atoms with Crippen LogP contribution in [0.1, 0.15) is 26.2 Å². The van der Waals surface area contributed by atoms with Crippen molar-refractivity contribution in [2.75, 3.05) is 11.4 Å². The summed E-state index contributed by atoms with van der Waals surface area (Å²) in [6.45, 7) is 2.99. The monoisotopic (exact) mass is 254 g/mol. The van der Waals surface area contributed by atoms with E-state index in [1.807, 2.05) is 0 Å². The van der Waals surface area contributed by atoms with Crippen LogP contribution in [0.3, 0.4) is 0 Å². The van der Waals surface area contributed by atoms with Gasteiger partial charge in [-0.3, -0.25) is 10.1 Å². The molecule has 1 unspecified atom stereocenters. The predicted octanol–water partition coefficient (Wildman–Crippen LogP) is 3.63. The summed E-state index contributed by atoms with van der Waals surface area (Å²) in [7, 11) is 0. The van der Waals surface area contributed by atoms with Gasteiger partial charge in [0.1, 0.15) is 5.69 Å². The molecule has 1 atom stereocenters. The number of hydrogen-bond donors (Lipinski definition) is 0. The van der Waals surface area contributed by atoms with E-state index in [4.69, 9.17) is 11.6 Å². The molecule has 2 rings (SSSR count). The van der Waals surface area contributed by atoms with Gasteiger partial charge in [-0.1, -0.05) is 11.6 Å². The first-order chi connectivity index (χ1) is 8.09. The van der Waals surface area contributed by atoms with Gasteiger partial charge in [0.05, 0.1) is 4.92 Å². The lowest BCUT2D eigenvalue weighted by molar-refractivity contribution is -0.384. The lowest BCUT2D eigenvalue weighted by Gasteiger charge is -2.34. The molecule has 1 saturated heterocycles. The molecule has 1 fully saturated rings. The largest absolute Gasteiger partial charge is 0.363 e. The Morgan fingerprint density at radius 1 is 1.47 bits per heavy atom. The standard InChI is InChI=1S/C12H15ClN2O2/c1-9-4-2-3-7-14(9)11-6-5-10(13)8-12(11)15(16)17/h5-6,8-9H,2-4,7H2,1H3.